The molecule has 0 saturated heterocycles. The number of allylic oxidation sites excluding steroid dienone is 1. The smallest absolute Gasteiger partial charge is 0.203 e. The lowest BCUT2D eigenvalue weighted by molar-refractivity contribution is 0.104. The second-order valence-corrected chi connectivity index (χ2v) is 6.69. The molecule has 0 atom stereocenters. The molecule has 1 heterocycles. The summed E-state index contributed by atoms with van der Waals surface area (Å²) >= 11 is 0. The number of ketones is 1. The summed E-state index contributed by atoms with van der Waals surface area (Å²) in [4.78, 5) is 12.7. The number of Topliss-reactive ketones (excluding diaryl/α,β-unsaturated/α-hetero) is 1. The standard InChI is InChI=1S/C25H17FN2O/c26-23-12-6-4-10-19(23)16-28-17-21(22-11-5-7-13-24(22)28)14-20(15-27)25(29)18-8-2-1-3-9-18/h1-14,17H,16H2/b20-14+. The molecule has 3 aromatic carbocycles. The van der Waals surface area contributed by atoms with E-state index in [1.165, 1.54) is 6.07 Å². The summed E-state index contributed by atoms with van der Waals surface area (Å²) in [6.07, 6.45) is 3.46. The van der Waals surface area contributed by atoms with Gasteiger partial charge in [-0.25, -0.2) is 4.39 Å². The van der Waals surface area contributed by atoms with Crippen LogP contribution in [0.3, 0.4) is 0 Å². The fourth-order valence-corrected chi connectivity index (χ4v) is 3.38. The van der Waals surface area contributed by atoms with Crippen LogP contribution in [0.2, 0.25) is 0 Å². The van der Waals surface area contributed by atoms with Gasteiger partial charge in [-0.1, -0.05) is 66.7 Å². The maximum absolute atomic E-state index is 14.1. The van der Waals surface area contributed by atoms with E-state index in [9.17, 15) is 14.4 Å². The van der Waals surface area contributed by atoms with E-state index in [-0.39, 0.29) is 17.2 Å². The van der Waals surface area contributed by atoms with Crippen molar-refractivity contribution in [3.05, 3.63) is 113 Å². The first kappa shape index (κ1) is 18.4. The summed E-state index contributed by atoms with van der Waals surface area (Å²) in [6.45, 7) is 0.357. The first-order valence-corrected chi connectivity index (χ1v) is 9.20. The number of halogens is 1. The van der Waals surface area contributed by atoms with Gasteiger partial charge in [-0.3, -0.25) is 4.79 Å². The third-order valence-electron chi connectivity index (χ3n) is 4.82. The number of benzene rings is 3. The van der Waals surface area contributed by atoms with E-state index >= 15 is 0 Å². The maximum Gasteiger partial charge on any atom is 0.203 e. The van der Waals surface area contributed by atoms with E-state index < -0.39 is 0 Å². The molecule has 4 aromatic rings. The molecule has 0 aliphatic carbocycles. The second-order valence-electron chi connectivity index (χ2n) is 6.69. The topological polar surface area (TPSA) is 45.8 Å². The van der Waals surface area contributed by atoms with Crippen LogP contribution in [0.25, 0.3) is 17.0 Å². The van der Waals surface area contributed by atoms with Crippen molar-refractivity contribution >= 4 is 22.8 Å². The van der Waals surface area contributed by atoms with Crippen LogP contribution in [0.15, 0.2) is 90.6 Å². The highest BCUT2D eigenvalue weighted by atomic mass is 19.1. The lowest BCUT2D eigenvalue weighted by atomic mass is 10.0. The van der Waals surface area contributed by atoms with E-state index in [2.05, 4.69) is 0 Å². The molecular weight excluding hydrogens is 363 g/mol. The molecule has 0 fully saturated rings. The van der Waals surface area contributed by atoms with Crippen molar-refractivity contribution in [2.24, 2.45) is 0 Å². The Balaban J connectivity index is 1.78. The van der Waals surface area contributed by atoms with Gasteiger partial charge in [0, 0.05) is 33.8 Å². The van der Waals surface area contributed by atoms with Crippen molar-refractivity contribution in [3.8, 4) is 6.07 Å². The van der Waals surface area contributed by atoms with Crippen molar-refractivity contribution in [2.75, 3.05) is 0 Å². The molecule has 29 heavy (non-hydrogen) atoms. The van der Waals surface area contributed by atoms with Gasteiger partial charge in [-0.15, -0.1) is 0 Å². The van der Waals surface area contributed by atoms with Crippen LogP contribution in [0.4, 0.5) is 4.39 Å². The summed E-state index contributed by atoms with van der Waals surface area (Å²) in [5.41, 5.74) is 2.76. The molecule has 4 rings (SSSR count). The van der Waals surface area contributed by atoms with Gasteiger partial charge in [-0.2, -0.15) is 5.26 Å². The molecule has 0 aliphatic heterocycles. The highest BCUT2D eigenvalue weighted by molar-refractivity contribution is 6.14. The van der Waals surface area contributed by atoms with Gasteiger partial charge in [0.1, 0.15) is 17.5 Å². The largest absolute Gasteiger partial charge is 0.342 e. The van der Waals surface area contributed by atoms with Gasteiger partial charge in [0.05, 0.1) is 6.54 Å². The lowest BCUT2D eigenvalue weighted by Crippen LogP contribution is -2.01. The number of carbonyl (C=O) groups is 1. The van der Waals surface area contributed by atoms with Crippen LogP contribution in [0.5, 0.6) is 0 Å². The van der Waals surface area contributed by atoms with Crippen LogP contribution in [-0.2, 0) is 6.54 Å². The van der Waals surface area contributed by atoms with Crippen molar-refractivity contribution < 1.29 is 9.18 Å². The molecule has 0 unspecified atom stereocenters. The molecule has 3 nitrogen and oxygen atoms in total. The predicted molar refractivity (Wildman–Crippen MR) is 112 cm³/mol. The Morgan fingerprint density at radius 2 is 1.66 bits per heavy atom. The summed E-state index contributed by atoms with van der Waals surface area (Å²) < 4.78 is 16.1. The van der Waals surface area contributed by atoms with E-state index in [1.54, 1.807) is 48.5 Å². The van der Waals surface area contributed by atoms with Gasteiger partial charge in [0.2, 0.25) is 5.78 Å². The van der Waals surface area contributed by atoms with Gasteiger partial charge < -0.3 is 4.57 Å². The molecule has 140 valence electrons. The van der Waals surface area contributed by atoms with Crippen molar-refractivity contribution in [1.29, 1.82) is 5.26 Å². The first-order valence-electron chi connectivity index (χ1n) is 9.20. The third-order valence-corrected chi connectivity index (χ3v) is 4.82. The Kier molecular flexibility index (Phi) is 5.05. The monoisotopic (exact) mass is 380 g/mol. The zero-order chi connectivity index (χ0) is 20.2. The maximum atomic E-state index is 14.1. The number of nitriles is 1. The Hall–Kier alpha value is -3.97. The van der Waals surface area contributed by atoms with Crippen LogP contribution >= 0.6 is 0 Å². The summed E-state index contributed by atoms with van der Waals surface area (Å²) in [6, 6.07) is 25.1. The highest BCUT2D eigenvalue weighted by Gasteiger charge is 2.14. The molecule has 4 heteroatoms. The van der Waals surface area contributed by atoms with Crippen LogP contribution in [-0.4, -0.2) is 10.4 Å². The molecule has 0 saturated carbocycles. The number of fused-ring (bicyclic) bond motifs is 1. The molecule has 0 bridgehead atoms. The third kappa shape index (κ3) is 3.71. The fraction of sp³-hybridized carbons (Fsp3) is 0.0400. The van der Waals surface area contributed by atoms with Crippen molar-refractivity contribution in [1.82, 2.24) is 4.57 Å². The average Bonchev–Trinajstić information content (AvgIpc) is 3.11. The molecule has 0 aliphatic rings. The molecule has 0 spiro atoms. The number of nitrogens with zero attached hydrogens (tertiary/aromatic N) is 2. The van der Waals surface area contributed by atoms with E-state index in [4.69, 9.17) is 0 Å². The van der Waals surface area contributed by atoms with E-state index in [0.29, 0.717) is 17.7 Å². The van der Waals surface area contributed by atoms with Gasteiger partial charge in [0.25, 0.3) is 0 Å². The summed E-state index contributed by atoms with van der Waals surface area (Å²) in [7, 11) is 0. The minimum atomic E-state index is -0.320. The number of carbonyl (C=O) groups excluding carboxylic acids is 1. The second kappa shape index (κ2) is 7.95. The molecule has 0 amide bonds. The molecule has 0 N–H and O–H groups in total. The number of para-hydroxylation sites is 1. The molecule has 1 aromatic heterocycles. The summed E-state index contributed by atoms with van der Waals surface area (Å²) in [5.74, 6) is -0.585. The Labute approximate surface area is 168 Å². The predicted octanol–water partition coefficient (Wildman–Crippen LogP) is 5.62. The zero-order valence-electron chi connectivity index (χ0n) is 15.5. The number of rotatable bonds is 5. The van der Waals surface area contributed by atoms with Crippen LogP contribution in [0.1, 0.15) is 21.5 Å². The normalized spacial score (nSPS) is 11.4. The minimum absolute atomic E-state index is 0.0602. The van der Waals surface area contributed by atoms with Crippen molar-refractivity contribution in [2.45, 2.75) is 6.54 Å². The SMILES string of the molecule is N#C/C(=C\c1cn(Cc2ccccc2F)c2ccccc12)C(=O)c1ccccc1. The summed E-state index contributed by atoms with van der Waals surface area (Å²) in [5, 5.41) is 10.5. The minimum Gasteiger partial charge on any atom is -0.342 e. The number of aromatic nitrogens is 1. The van der Waals surface area contributed by atoms with E-state index in [0.717, 1.165) is 16.5 Å². The van der Waals surface area contributed by atoms with Gasteiger partial charge in [0.15, 0.2) is 0 Å². The zero-order valence-corrected chi connectivity index (χ0v) is 15.5. The first-order chi connectivity index (χ1) is 14.2. The lowest BCUT2D eigenvalue weighted by Gasteiger charge is -2.06. The van der Waals surface area contributed by atoms with Crippen LogP contribution < -0.4 is 0 Å². The fourth-order valence-electron chi connectivity index (χ4n) is 3.38. The van der Waals surface area contributed by atoms with E-state index in [1.807, 2.05) is 47.2 Å². The molecule has 0 radical (unpaired) electrons. The van der Waals surface area contributed by atoms with Crippen molar-refractivity contribution in [3.63, 3.8) is 0 Å². The Morgan fingerprint density at radius 3 is 2.41 bits per heavy atom. The quantitative estimate of drug-likeness (QED) is 0.256. The number of hydrogen-bond donors (Lipinski definition) is 0. The number of hydrogen-bond acceptors (Lipinski definition) is 2. The Morgan fingerprint density at radius 1 is 0.966 bits per heavy atom. The van der Waals surface area contributed by atoms with Gasteiger partial charge in [-0.05, 0) is 18.2 Å². The van der Waals surface area contributed by atoms with Gasteiger partial charge >= 0.3 is 0 Å². The van der Waals surface area contributed by atoms with Crippen LogP contribution in [0, 0.1) is 17.1 Å². The Bertz CT molecular complexity index is 1260. The average molecular weight is 380 g/mol. The highest BCUT2D eigenvalue weighted by Crippen LogP contribution is 2.25. The molecular formula is C25H17FN2O.